The van der Waals surface area contributed by atoms with Crippen molar-refractivity contribution >= 4 is 41.5 Å². The molecular formula is C30H33ClN6O6S. The Labute approximate surface area is 264 Å². The molecule has 0 radical (unpaired) electrons. The second kappa shape index (κ2) is 14.4. The van der Waals surface area contributed by atoms with Crippen LogP contribution in [0.5, 0.6) is 11.5 Å². The first kappa shape index (κ1) is 32.6. The standard InChI is InChI=1S/C30H33ClN6O6S/c1-18-13-33-15-20(35-18)17-42-23-16-32-11-9-19(23)14-34-22-10-12-37(29(40)43-30(2,3)4)28(39)25(22)27(38)36-44-24-8-6-7-21(31)26(24)41-5/h6-9,11,13,15-16,34H,10,12,14,17H2,1-5H3,(H,36,38). The van der Waals surface area contributed by atoms with E-state index in [1.54, 1.807) is 69.8 Å². The number of nitrogens with zero attached hydrogens (tertiary/aromatic N) is 4. The summed E-state index contributed by atoms with van der Waals surface area (Å²) in [6.45, 7) is 7.35. The van der Waals surface area contributed by atoms with Crippen LogP contribution in [0.15, 0.2) is 65.2 Å². The predicted molar refractivity (Wildman–Crippen MR) is 164 cm³/mol. The highest BCUT2D eigenvalue weighted by atomic mass is 35.5. The van der Waals surface area contributed by atoms with Crippen LogP contribution < -0.4 is 19.5 Å². The van der Waals surface area contributed by atoms with Gasteiger partial charge < -0.3 is 19.5 Å². The molecule has 0 spiro atoms. The minimum Gasteiger partial charge on any atom is -0.494 e. The lowest BCUT2D eigenvalue weighted by Crippen LogP contribution is -2.48. The summed E-state index contributed by atoms with van der Waals surface area (Å²) in [6.07, 6.45) is 5.83. The zero-order valence-corrected chi connectivity index (χ0v) is 26.5. The van der Waals surface area contributed by atoms with E-state index in [0.717, 1.165) is 28.1 Å². The highest BCUT2D eigenvalue weighted by Gasteiger charge is 2.37. The van der Waals surface area contributed by atoms with E-state index in [1.165, 1.54) is 7.11 Å². The van der Waals surface area contributed by atoms with Gasteiger partial charge in [-0.25, -0.2) is 9.69 Å². The number of aryl methyl sites for hydroxylation is 1. The topological polar surface area (TPSA) is 145 Å². The fourth-order valence-electron chi connectivity index (χ4n) is 4.16. The maximum absolute atomic E-state index is 13.6. The van der Waals surface area contributed by atoms with Gasteiger partial charge in [-0.05, 0) is 57.8 Å². The van der Waals surface area contributed by atoms with Crippen molar-refractivity contribution in [1.29, 1.82) is 0 Å². The molecule has 14 heteroatoms. The van der Waals surface area contributed by atoms with E-state index in [4.69, 9.17) is 25.8 Å². The summed E-state index contributed by atoms with van der Waals surface area (Å²) >= 11 is 7.16. The van der Waals surface area contributed by atoms with Crippen molar-refractivity contribution in [2.75, 3.05) is 13.7 Å². The minimum atomic E-state index is -0.833. The van der Waals surface area contributed by atoms with Gasteiger partial charge in [0.1, 0.15) is 23.5 Å². The van der Waals surface area contributed by atoms with Crippen LogP contribution >= 0.6 is 23.5 Å². The number of carbonyl (C=O) groups is 3. The summed E-state index contributed by atoms with van der Waals surface area (Å²) in [7, 11) is 1.46. The molecule has 3 aromatic rings. The number of hydrogen-bond acceptors (Lipinski definition) is 11. The molecule has 44 heavy (non-hydrogen) atoms. The molecule has 3 heterocycles. The van der Waals surface area contributed by atoms with Gasteiger partial charge in [-0.2, -0.15) is 0 Å². The monoisotopic (exact) mass is 640 g/mol. The van der Waals surface area contributed by atoms with Gasteiger partial charge in [0.05, 0.1) is 40.8 Å². The molecule has 0 fully saturated rings. The van der Waals surface area contributed by atoms with Crippen LogP contribution in [0.2, 0.25) is 5.02 Å². The lowest BCUT2D eigenvalue weighted by Gasteiger charge is -2.31. The number of hydrogen-bond donors (Lipinski definition) is 2. The van der Waals surface area contributed by atoms with Gasteiger partial charge >= 0.3 is 6.09 Å². The number of pyridine rings is 1. The maximum Gasteiger partial charge on any atom is 0.417 e. The molecule has 2 N–H and O–H groups in total. The number of nitrogens with one attached hydrogen (secondary N) is 2. The summed E-state index contributed by atoms with van der Waals surface area (Å²) < 4.78 is 19.4. The Morgan fingerprint density at radius 2 is 1.93 bits per heavy atom. The Morgan fingerprint density at radius 3 is 2.66 bits per heavy atom. The third-order valence-corrected chi connectivity index (χ3v) is 7.25. The van der Waals surface area contributed by atoms with Crippen LogP contribution in [0, 0.1) is 6.92 Å². The Balaban J connectivity index is 1.57. The number of para-hydroxylation sites is 1. The fourth-order valence-corrected chi connectivity index (χ4v) is 5.20. The highest BCUT2D eigenvalue weighted by molar-refractivity contribution is 7.98. The molecule has 0 saturated carbocycles. The quantitative estimate of drug-likeness (QED) is 0.234. The third kappa shape index (κ3) is 8.38. The van der Waals surface area contributed by atoms with Gasteiger partial charge in [-0.15, -0.1) is 0 Å². The molecule has 2 aromatic heterocycles. The molecule has 232 valence electrons. The van der Waals surface area contributed by atoms with Gasteiger partial charge in [0.2, 0.25) is 0 Å². The van der Waals surface area contributed by atoms with E-state index in [1.807, 2.05) is 6.92 Å². The number of carbonyl (C=O) groups excluding carboxylic acids is 3. The smallest absolute Gasteiger partial charge is 0.417 e. The SMILES string of the molecule is COc1c(Cl)cccc1SNC(=O)C1=C(NCc2ccncc2OCc2cncc(C)n2)CCN(C(=O)OC(C)(C)C)C1=O. The molecule has 0 bridgehead atoms. The summed E-state index contributed by atoms with van der Waals surface area (Å²) in [5, 5.41) is 3.58. The van der Waals surface area contributed by atoms with Crippen LogP contribution in [0.4, 0.5) is 4.79 Å². The minimum absolute atomic E-state index is 0.0217. The number of aromatic nitrogens is 3. The zero-order chi connectivity index (χ0) is 31.9. The molecule has 0 atom stereocenters. The molecule has 1 aliphatic heterocycles. The van der Waals surface area contributed by atoms with E-state index in [0.29, 0.717) is 32.8 Å². The van der Waals surface area contributed by atoms with Crippen LogP contribution in [-0.4, -0.2) is 57.0 Å². The molecular weight excluding hydrogens is 608 g/mol. The van der Waals surface area contributed by atoms with Gasteiger partial charge in [-0.3, -0.25) is 29.3 Å². The van der Waals surface area contributed by atoms with E-state index in [2.05, 4.69) is 25.0 Å². The second-order valence-corrected chi connectivity index (χ2v) is 11.9. The molecule has 0 unspecified atom stereocenters. The van der Waals surface area contributed by atoms with Gasteiger partial charge in [0, 0.05) is 43.2 Å². The first-order valence-corrected chi connectivity index (χ1v) is 14.8. The second-order valence-electron chi connectivity index (χ2n) is 10.6. The van der Waals surface area contributed by atoms with Crippen molar-refractivity contribution in [2.24, 2.45) is 0 Å². The molecule has 1 aliphatic rings. The van der Waals surface area contributed by atoms with Crippen molar-refractivity contribution in [3.63, 3.8) is 0 Å². The number of methoxy groups -OCH3 is 1. The molecule has 12 nitrogen and oxygen atoms in total. The van der Waals surface area contributed by atoms with Crippen molar-refractivity contribution < 1.29 is 28.6 Å². The van der Waals surface area contributed by atoms with E-state index >= 15 is 0 Å². The van der Waals surface area contributed by atoms with Crippen molar-refractivity contribution in [3.05, 3.63) is 82.3 Å². The Bertz CT molecular complexity index is 1580. The maximum atomic E-state index is 13.6. The molecule has 4 rings (SSSR count). The van der Waals surface area contributed by atoms with Crippen molar-refractivity contribution in [2.45, 2.75) is 57.8 Å². The normalized spacial score (nSPS) is 13.4. The fraction of sp³-hybridized carbons (Fsp3) is 0.333. The summed E-state index contributed by atoms with van der Waals surface area (Å²) in [6, 6.07) is 6.85. The van der Waals surface area contributed by atoms with Crippen molar-refractivity contribution in [1.82, 2.24) is 29.9 Å². The van der Waals surface area contributed by atoms with Crippen LogP contribution in [0.3, 0.4) is 0 Å². The van der Waals surface area contributed by atoms with Crippen molar-refractivity contribution in [3.8, 4) is 11.5 Å². The number of halogens is 1. The lowest BCUT2D eigenvalue weighted by molar-refractivity contribution is -0.130. The van der Waals surface area contributed by atoms with Crippen LogP contribution in [-0.2, 0) is 27.5 Å². The molecule has 1 aromatic carbocycles. The van der Waals surface area contributed by atoms with Gasteiger partial charge in [-0.1, -0.05) is 17.7 Å². The average molecular weight is 641 g/mol. The third-order valence-electron chi connectivity index (χ3n) is 6.12. The van der Waals surface area contributed by atoms with Gasteiger partial charge in [0.15, 0.2) is 5.75 Å². The van der Waals surface area contributed by atoms with Crippen LogP contribution in [0.1, 0.15) is 44.1 Å². The largest absolute Gasteiger partial charge is 0.494 e. The van der Waals surface area contributed by atoms with E-state index in [-0.39, 0.29) is 31.7 Å². The predicted octanol–water partition coefficient (Wildman–Crippen LogP) is 4.76. The Hall–Kier alpha value is -4.36. The number of ether oxygens (including phenoxy) is 3. The molecule has 0 saturated heterocycles. The number of amides is 3. The number of rotatable bonds is 10. The molecule has 0 aliphatic carbocycles. The number of benzene rings is 1. The first-order chi connectivity index (χ1) is 21.0. The average Bonchev–Trinajstić information content (AvgIpc) is 2.97. The van der Waals surface area contributed by atoms with Crippen LogP contribution in [0.25, 0.3) is 0 Å². The number of imide groups is 1. The Kier molecular flexibility index (Phi) is 10.7. The van der Waals surface area contributed by atoms with Gasteiger partial charge in [0.25, 0.3) is 11.8 Å². The summed E-state index contributed by atoms with van der Waals surface area (Å²) in [4.78, 5) is 54.2. The summed E-state index contributed by atoms with van der Waals surface area (Å²) in [5.74, 6) is -0.620. The van der Waals surface area contributed by atoms with E-state index in [9.17, 15) is 14.4 Å². The van der Waals surface area contributed by atoms with E-state index < -0.39 is 23.5 Å². The summed E-state index contributed by atoms with van der Waals surface area (Å²) in [5.41, 5.74) is 1.46. The molecule has 3 amide bonds. The lowest BCUT2D eigenvalue weighted by atomic mass is 10.0. The Morgan fingerprint density at radius 1 is 1.14 bits per heavy atom. The first-order valence-electron chi connectivity index (χ1n) is 13.6. The highest BCUT2D eigenvalue weighted by Crippen LogP contribution is 2.34. The zero-order valence-electron chi connectivity index (χ0n) is 25.0.